The predicted molar refractivity (Wildman–Crippen MR) is 154 cm³/mol. The Balaban J connectivity index is 1.15. The summed E-state index contributed by atoms with van der Waals surface area (Å²) in [7, 11) is 0. The predicted octanol–water partition coefficient (Wildman–Crippen LogP) is 5.00. The molecule has 38 heavy (non-hydrogen) atoms. The van der Waals surface area contributed by atoms with E-state index in [1.165, 1.54) is 58.3 Å². The Morgan fingerprint density at radius 3 is 2.55 bits per heavy atom. The minimum absolute atomic E-state index is 0.0400. The van der Waals surface area contributed by atoms with E-state index in [0.29, 0.717) is 30.1 Å². The van der Waals surface area contributed by atoms with E-state index in [1.807, 2.05) is 16.2 Å². The van der Waals surface area contributed by atoms with Gasteiger partial charge >= 0.3 is 0 Å². The Kier molecular flexibility index (Phi) is 7.90. The van der Waals surface area contributed by atoms with Crippen LogP contribution in [0.1, 0.15) is 37.6 Å². The van der Waals surface area contributed by atoms with Crippen LogP contribution in [0.15, 0.2) is 30.6 Å². The molecule has 1 N–H and O–H groups in total. The van der Waals surface area contributed by atoms with E-state index < -0.39 is 0 Å². The number of benzene rings is 1. The van der Waals surface area contributed by atoms with Crippen molar-refractivity contribution in [3.05, 3.63) is 46.9 Å². The number of amides is 2. The fraction of sp³-hybridized carbons (Fsp3) is 0.500. The lowest BCUT2D eigenvalue weighted by molar-refractivity contribution is -0.128. The summed E-state index contributed by atoms with van der Waals surface area (Å²) in [5.41, 5.74) is 2.27. The van der Waals surface area contributed by atoms with Crippen molar-refractivity contribution in [2.24, 2.45) is 11.3 Å². The van der Waals surface area contributed by atoms with E-state index in [0.717, 1.165) is 36.6 Å². The van der Waals surface area contributed by atoms with Crippen molar-refractivity contribution in [3.8, 4) is 0 Å². The number of anilines is 2. The van der Waals surface area contributed by atoms with Gasteiger partial charge in [-0.25, -0.2) is 14.4 Å². The van der Waals surface area contributed by atoms with Crippen molar-refractivity contribution in [2.75, 3.05) is 47.9 Å². The highest BCUT2D eigenvalue weighted by Gasteiger charge is 2.33. The summed E-state index contributed by atoms with van der Waals surface area (Å²) >= 11 is 3.11. The molecular weight excluding hydrogens is 521 g/mol. The molecule has 1 atom stereocenters. The zero-order valence-electron chi connectivity index (χ0n) is 22.1. The second-order valence-electron chi connectivity index (χ2n) is 11.1. The third-order valence-corrected chi connectivity index (χ3v) is 9.65. The van der Waals surface area contributed by atoms with Crippen molar-refractivity contribution in [1.29, 1.82) is 0 Å². The first kappa shape index (κ1) is 26.9. The number of carbonyl (C=O) groups is 2. The second-order valence-corrected chi connectivity index (χ2v) is 13.2. The number of halogens is 1. The number of aromatic nitrogens is 2. The third-order valence-electron chi connectivity index (χ3n) is 7.57. The summed E-state index contributed by atoms with van der Waals surface area (Å²) in [6.07, 6.45) is 5.05. The maximum Gasteiger partial charge on any atom is 0.234 e. The van der Waals surface area contributed by atoms with Crippen molar-refractivity contribution >= 4 is 56.6 Å². The number of nitrogens with zero attached hydrogens (tertiary/aromatic N) is 4. The number of thiophene rings is 1. The van der Waals surface area contributed by atoms with Gasteiger partial charge in [0.15, 0.2) is 0 Å². The highest BCUT2D eigenvalue weighted by molar-refractivity contribution is 8.00. The maximum absolute atomic E-state index is 13.0. The summed E-state index contributed by atoms with van der Waals surface area (Å²) in [6, 6.07) is 5.63. The minimum Gasteiger partial charge on any atom is -0.352 e. The molecule has 1 unspecified atom stereocenters. The van der Waals surface area contributed by atoms with Crippen LogP contribution in [0.2, 0.25) is 0 Å². The fourth-order valence-corrected chi connectivity index (χ4v) is 7.27. The molecule has 1 aliphatic heterocycles. The van der Waals surface area contributed by atoms with Gasteiger partial charge in [0.25, 0.3) is 0 Å². The van der Waals surface area contributed by atoms with Gasteiger partial charge in [-0.2, -0.15) is 0 Å². The van der Waals surface area contributed by atoms with Gasteiger partial charge < -0.3 is 15.1 Å². The Morgan fingerprint density at radius 1 is 1.11 bits per heavy atom. The monoisotopic (exact) mass is 555 g/mol. The molecule has 1 aromatic carbocycles. The number of thioether (sulfide) groups is 1. The fourth-order valence-electron chi connectivity index (χ4n) is 5.29. The van der Waals surface area contributed by atoms with Gasteiger partial charge in [0.2, 0.25) is 11.8 Å². The van der Waals surface area contributed by atoms with Gasteiger partial charge in [0.1, 0.15) is 22.8 Å². The van der Waals surface area contributed by atoms with Gasteiger partial charge in [-0.1, -0.05) is 20.8 Å². The molecule has 0 bridgehead atoms. The number of hydrogen-bond donors (Lipinski definition) is 1. The molecule has 10 heteroatoms. The summed E-state index contributed by atoms with van der Waals surface area (Å²) in [5.74, 6) is 1.58. The van der Waals surface area contributed by atoms with Crippen molar-refractivity contribution < 1.29 is 14.0 Å². The summed E-state index contributed by atoms with van der Waals surface area (Å²) < 4.78 is 13.0. The smallest absolute Gasteiger partial charge is 0.234 e. The van der Waals surface area contributed by atoms with E-state index in [1.54, 1.807) is 6.33 Å². The molecule has 3 aromatic rings. The van der Waals surface area contributed by atoms with Crippen molar-refractivity contribution in [1.82, 2.24) is 14.9 Å². The molecule has 1 saturated heterocycles. The highest BCUT2D eigenvalue weighted by atomic mass is 32.2. The highest BCUT2D eigenvalue weighted by Crippen LogP contribution is 2.44. The average Bonchev–Trinajstić information content (AvgIpc) is 3.28. The van der Waals surface area contributed by atoms with E-state index in [4.69, 9.17) is 4.98 Å². The number of rotatable bonds is 6. The molecule has 1 aliphatic carbocycles. The van der Waals surface area contributed by atoms with Crippen LogP contribution in [0.3, 0.4) is 0 Å². The molecule has 2 aromatic heterocycles. The van der Waals surface area contributed by atoms with Crippen LogP contribution >= 0.6 is 23.1 Å². The normalized spacial score (nSPS) is 17.9. The van der Waals surface area contributed by atoms with Gasteiger partial charge in [0, 0.05) is 36.7 Å². The molecule has 5 rings (SSSR count). The lowest BCUT2D eigenvalue weighted by atomic mass is 9.72. The van der Waals surface area contributed by atoms with Crippen molar-refractivity contribution in [3.63, 3.8) is 0 Å². The standard InChI is InChI=1S/C28H34FN5O2S2/c1-28(2,3)18-4-9-21-22(14-18)38-27-25(21)26(30-17-31-27)34-12-10-33(11-13-34)24(36)16-37-15-23(35)32-20-7-5-19(29)6-8-20/h5-8,17-18H,4,9-16H2,1-3H3,(H,32,35). The molecule has 0 radical (unpaired) electrons. The summed E-state index contributed by atoms with van der Waals surface area (Å²) in [6.45, 7) is 9.72. The molecule has 2 aliphatic rings. The Bertz CT molecular complexity index is 1310. The Labute approximate surface area is 231 Å². The van der Waals surface area contributed by atoms with Crippen LogP contribution < -0.4 is 10.2 Å². The Morgan fingerprint density at radius 2 is 1.84 bits per heavy atom. The van der Waals surface area contributed by atoms with E-state index in [2.05, 4.69) is 36.0 Å². The van der Waals surface area contributed by atoms with Crippen LogP contribution in [-0.2, 0) is 22.4 Å². The van der Waals surface area contributed by atoms with Crippen LogP contribution in [0.25, 0.3) is 10.2 Å². The average molecular weight is 556 g/mol. The van der Waals surface area contributed by atoms with E-state index in [-0.39, 0.29) is 29.1 Å². The first-order valence-corrected chi connectivity index (χ1v) is 15.1. The molecule has 0 saturated carbocycles. The van der Waals surface area contributed by atoms with Crippen molar-refractivity contribution in [2.45, 2.75) is 40.0 Å². The van der Waals surface area contributed by atoms with Crippen LogP contribution in [0.4, 0.5) is 15.9 Å². The number of nitrogens with one attached hydrogen (secondary N) is 1. The molecule has 1 fully saturated rings. The number of piperazine rings is 1. The van der Waals surface area contributed by atoms with Gasteiger partial charge in [-0.15, -0.1) is 23.1 Å². The van der Waals surface area contributed by atoms with Gasteiger partial charge in [-0.3, -0.25) is 9.59 Å². The van der Waals surface area contributed by atoms with Crippen LogP contribution in [0, 0.1) is 17.2 Å². The second kappa shape index (κ2) is 11.2. The number of fused-ring (bicyclic) bond motifs is 3. The SMILES string of the molecule is CC(C)(C)C1CCc2c(sc3ncnc(N4CCN(C(=O)CSCC(=O)Nc5ccc(F)cc5)CC4)c23)C1. The van der Waals surface area contributed by atoms with E-state index in [9.17, 15) is 14.0 Å². The lowest BCUT2D eigenvalue weighted by Crippen LogP contribution is -2.49. The summed E-state index contributed by atoms with van der Waals surface area (Å²) in [5, 5.41) is 3.93. The zero-order valence-corrected chi connectivity index (χ0v) is 23.8. The topological polar surface area (TPSA) is 78.4 Å². The van der Waals surface area contributed by atoms with Crippen LogP contribution in [-0.4, -0.2) is 64.4 Å². The number of aryl methyl sites for hydroxylation is 1. The quantitative estimate of drug-likeness (QED) is 0.461. The van der Waals surface area contributed by atoms with Gasteiger partial charge in [0.05, 0.1) is 16.9 Å². The minimum atomic E-state index is -0.351. The molecule has 2 amide bonds. The molecule has 3 heterocycles. The zero-order chi connectivity index (χ0) is 26.9. The summed E-state index contributed by atoms with van der Waals surface area (Å²) in [4.78, 5) is 40.9. The lowest BCUT2D eigenvalue weighted by Gasteiger charge is -2.36. The molecular formula is C28H34FN5O2S2. The van der Waals surface area contributed by atoms with Crippen LogP contribution in [0.5, 0.6) is 0 Å². The molecule has 7 nitrogen and oxygen atoms in total. The Hall–Kier alpha value is -2.72. The molecule has 202 valence electrons. The maximum atomic E-state index is 13.0. The number of hydrogen-bond acceptors (Lipinski definition) is 7. The van der Waals surface area contributed by atoms with Gasteiger partial charge in [-0.05, 0) is 60.4 Å². The largest absolute Gasteiger partial charge is 0.352 e. The first-order valence-electron chi connectivity index (χ1n) is 13.1. The first-order chi connectivity index (χ1) is 18.2. The molecule has 0 spiro atoms. The third kappa shape index (κ3) is 5.96. The number of carbonyl (C=O) groups excluding carboxylic acids is 2. The van der Waals surface area contributed by atoms with E-state index >= 15 is 0 Å².